The summed E-state index contributed by atoms with van der Waals surface area (Å²) >= 11 is 0. The molecule has 0 aliphatic heterocycles. The third-order valence-corrected chi connectivity index (χ3v) is 3.33. The highest BCUT2D eigenvalue weighted by molar-refractivity contribution is 6.83. The van der Waals surface area contributed by atoms with E-state index in [4.69, 9.17) is 5.11 Å². The Kier molecular flexibility index (Phi) is 6.26. The van der Waals surface area contributed by atoms with Gasteiger partial charge in [-0.2, -0.15) is 0 Å². The quantitative estimate of drug-likeness (QED) is 0.563. The van der Waals surface area contributed by atoms with Crippen LogP contribution in [-0.4, -0.2) is 37.5 Å². The molecule has 0 saturated carbocycles. The molecule has 19 heavy (non-hydrogen) atoms. The highest BCUT2D eigenvalue weighted by Gasteiger charge is 2.07. The Balaban J connectivity index is 2.50. The Morgan fingerprint density at radius 2 is 1.84 bits per heavy atom. The third kappa shape index (κ3) is 7.14. The van der Waals surface area contributed by atoms with Crippen LogP contribution in [0.3, 0.4) is 0 Å². The van der Waals surface area contributed by atoms with E-state index < -0.39 is 14.2 Å². The van der Waals surface area contributed by atoms with Crippen molar-refractivity contribution in [1.29, 1.82) is 0 Å². The van der Waals surface area contributed by atoms with E-state index in [1.807, 2.05) is 24.3 Å². The molecule has 0 fully saturated rings. The van der Waals surface area contributed by atoms with Crippen LogP contribution in [0.15, 0.2) is 24.3 Å². The molecule has 0 saturated heterocycles. The zero-order valence-corrected chi connectivity index (χ0v) is 12.9. The van der Waals surface area contributed by atoms with Gasteiger partial charge in [0.1, 0.15) is 8.07 Å². The molecule has 0 heterocycles. The Bertz CT molecular complexity index is 440. The highest BCUT2D eigenvalue weighted by atomic mass is 28.3. The molecular formula is C15H23NO2Si. The Morgan fingerprint density at radius 1 is 1.21 bits per heavy atom. The largest absolute Gasteiger partial charge is 0.394 e. The number of aliphatic hydroxyl groups is 2. The summed E-state index contributed by atoms with van der Waals surface area (Å²) < 4.78 is 0. The van der Waals surface area contributed by atoms with Gasteiger partial charge in [-0.25, -0.2) is 0 Å². The van der Waals surface area contributed by atoms with E-state index in [0.717, 1.165) is 11.1 Å². The van der Waals surface area contributed by atoms with Crippen molar-refractivity contribution >= 4 is 8.07 Å². The summed E-state index contributed by atoms with van der Waals surface area (Å²) in [5.74, 6) is 3.21. The molecule has 0 unspecified atom stereocenters. The summed E-state index contributed by atoms with van der Waals surface area (Å²) in [7, 11) is -1.32. The lowest BCUT2D eigenvalue weighted by Crippen LogP contribution is -2.28. The average Bonchev–Trinajstić information content (AvgIpc) is 2.36. The van der Waals surface area contributed by atoms with Gasteiger partial charge in [-0.1, -0.05) is 37.7 Å². The van der Waals surface area contributed by atoms with Crippen LogP contribution in [0.25, 0.3) is 0 Å². The molecule has 3 nitrogen and oxygen atoms in total. The maximum Gasteiger partial charge on any atom is 0.129 e. The van der Waals surface area contributed by atoms with Crippen LogP contribution in [0, 0.1) is 11.5 Å². The standard InChI is InChI=1S/C15H23NO2Si/c1-19(2,3)9-8-13-4-6-14(7-5-13)10-16-11-15(18)12-17/h4-7,15-18H,10-12H2,1-3H3/t15-/m0/s1. The van der Waals surface area contributed by atoms with Gasteiger partial charge in [0.15, 0.2) is 0 Å². The predicted molar refractivity (Wildman–Crippen MR) is 81.5 cm³/mol. The summed E-state index contributed by atoms with van der Waals surface area (Å²) in [6.07, 6.45) is -0.693. The number of benzene rings is 1. The number of hydrogen-bond donors (Lipinski definition) is 3. The third-order valence-electron chi connectivity index (χ3n) is 2.46. The SMILES string of the molecule is C[Si](C)(C)C#Cc1ccc(CNC[C@H](O)CO)cc1. The molecule has 0 aliphatic rings. The first-order chi connectivity index (χ1) is 8.90. The molecular weight excluding hydrogens is 254 g/mol. The number of rotatable bonds is 5. The molecule has 0 aliphatic carbocycles. The van der Waals surface area contributed by atoms with Crippen LogP contribution >= 0.6 is 0 Å². The average molecular weight is 277 g/mol. The second-order valence-electron chi connectivity index (χ2n) is 5.66. The van der Waals surface area contributed by atoms with E-state index in [1.165, 1.54) is 0 Å². The van der Waals surface area contributed by atoms with Crippen molar-refractivity contribution in [2.24, 2.45) is 0 Å². The Morgan fingerprint density at radius 3 is 2.37 bits per heavy atom. The smallest absolute Gasteiger partial charge is 0.129 e. The normalized spacial score (nSPS) is 12.7. The molecule has 1 aromatic carbocycles. The lowest BCUT2D eigenvalue weighted by molar-refractivity contribution is 0.0942. The summed E-state index contributed by atoms with van der Waals surface area (Å²) in [5.41, 5.74) is 5.52. The second kappa shape index (κ2) is 7.46. The van der Waals surface area contributed by atoms with Crippen LogP contribution in [0.4, 0.5) is 0 Å². The van der Waals surface area contributed by atoms with Crippen LogP contribution in [0.2, 0.25) is 19.6 Å². The summed E-state index contributed by atoms with van der Waals surface area (Å²) in [6.45, 7) is 7.55. The van der Waals surface area contributed by atoms with Gasteiger partial charge in [-0.15, -0.1) is 5.54 Å². The summed E-state index contributed by atoms with van der Waals surface area (Å²) in [4.78, 5) is 0. The van der Waals surface area contributed by atoms with E-state index in [0.29, 0.717) is 13.1 Å². The fraction of sp³-hybridized carbons (Fsp3) is 0.467. The van der Waals surface area contributed by atoms with Crippen LogP contribution < -0.4 is 5.32 Å². The van der Waals surface area contributed by atoms with Crippen molar-refractivity contribution < 1.29 is 10.2 Å². The maximum atomic E-state index is 9.20. The lowest BCUT2D eigenvalue weighted by atomic mass is 10.1. The van der Waals surface area contributed by atoms with Crippen molar-refractivity contribution in [3.63, 3.8) is 0 Å². The van der Waals surface area contributed by atoms with Crippen molar-refractivity contribution in [3.05, 3.63) is 35.4 Å². The van der Waals surface area contributed by atoms with Gasteiger partial charge in [0.05, 0.1) is 12.7 Å². The van der Waals surface area contributed by atoms with Gasteiger partial charge in [0, 0.05) is 18.7 Å². The second-order valence-corrected chi connectivity index (χ2v) is 10.4. The minimum Gasteiger partial charge on any atom is -0.394 e. The molecule has 1 aromatic rings. The summed E-state index contributed by atoms with van der Waals surface area (Å²) in [6, 6.07) is 8.11. The first-order valence-corrected chi connectivity index (χ1v) is 10.0. The van der Waals surface area contributed by atoms with Gasteiger partial charge < -0.3 is 15.5 Å². The van der Waals surface area contributed by atoms with Crippen molar-refractivity contribution in [2.75, 3.05) is 13.2 Å². The van der Waals surface area contributed by atoms with Crippen LogP contribution in [0.1, 0.15) is 11.1 Å². The van der Waals surface area contributed by atoms with E-state index >= 15 is 0 Å². The predicted octanol–water partition coefficient (Wildman–Crippen LogP) is 1.36. The zero-order valence-electron chi connectivity index (χ0n) is 11.9. The zero-order chi connectivity index (χ0) is 14.3. The molecule has 1 rings (SSSR count). The number of nitrogens with one attached hydrogen (secondary N) is 1. The molecule has 104 valence electrons. The minimum atomic E-state index is -1.32. The fourth-order valence-electron chi connectivity index (χ4n) is 1.41. The molecule has 0 radical (unpaired) electrons. The summed E-state index contributed by atoms with van der Waals surface area (Å²) in [5, 5.41) is 21.0. The van der Waals surface area contributed by atoms with Gasteiger partial charge in [0.25, 0.3) is 0 Å². The molecule has 1 atom stereocenters. The first-order valence-electron chi connectivity index (χ1n) is 6.52. The lowest BCUT2D eigenvalue weighted by Gasteiger charge is -2.08. The van der Waals surface area contributed by atoms with Crippen molar-refractivity contribution in [1.82, 2.24) is 5.32 Å². The van der Waals surface area contributed by atoms with Crippen LogP contribution in [-0.2, 0) is 6.54 Å². The van der Waals surface area contributed by atoms with Gasteiger partial charge in [-0.3, -0.25) is 0 Å². The van der Waals surface area contributed by atoms with E-state index in [9.17, 15) is 5.11 Å². The maximum absolute atomic E-state index is 9.20. The Hall–Kier alpha value is -1.12. The Labute approximate surface area is 116 Å². The molecule has 3 N–H and O–H groups in total. The van der Waals surface area contributed by atoms with E-state index in [2.05, 4.69) is 36.4 Å². The first kappa shape index (κ1) is 15.9. The topological polar surface area (TPSA) is 52.5 Å². The fourth-order valence-corrected chi connectivity index (χ4v) is 1.93. The highest BCUT2D eigenvalue weighted by Crippen LogP contribution is 2.04. The van der Waals surface area contributed by atoms with Gasteiger partial charge in [0.2, 0.25) is 0 Å². The molecule has 0 amide bonds. The molecule has 0 spiro atoms. The molecule has 4 heteroatoms. The van der Waals surface area contributed by atoms with Gasteiger partial charge in [-0.05, 0) is 17.7 Å². The minimum absolute atomic E-state index is 0.210. The monoisotopic (exact) mass is 277 g/mol. The van der Waals surface area contributed by atoms with Gasteiger partial charge >= 0.3 is 0 Å². The van der Waals surface area contributed by atoms with Crippen molar-refractivity contribution in [3.8, 4) is 11.5 Å². The molecule has 0 bridgehead atoms. The van der Waals surface area contributed by atoms with Crippen LogP contribution in [0.5, 0.6) is 0 Å². The van der Waals surface area contributed by atoms with E-state index in [1.54, 1.807) is 0 Å². The van der Waals surface area contributed by atoms with E-state index in [-0.39, 0.29) is 6.61 Å². The molecule has 0 aromatic heterocycles. The number of hydrogen-bond acceptors (Lipinski definition) is 3. The van der Waals surface area contributed by atoms with Crippen molar-refractivity contribution in [2.45, 2.75) is 32.3 Å². The number of aliphatic hydroxyl groups excluding tert-OH is 2.